The predicted molar refractivity (Wildman–Crippen MR) is 86.7 cm³/mol. The average molecular weight is 331 g/mol. The van der Waals surface area contributed by atoms with Gasteiger partial charge in [0.1, 0.15) is 6.61 Å². The van der Waals surface area contributed by atoms with Gasteiger partial charge in [-0.05, 0) is 31.9 Å². The molecule has 22 heavy (non-hydrogen) atoms. The highest BCUT2D eigenvalue weighted by molar-refractivity contribution is 5.85. The molecule has 1 aliphatic rings. The first-order valence-electron chi connectivity index (χ1n) is 7.44. The predicted octanol–water partition coefficient (Wildman–Crippen LogP) is 2.65. The normalized spacial score (nSPS) is 24.2. The van der Waals surface area contributed by atoms with Gasteiger partial charge in [0.05, 0.1) is 12.5 Å². The molecule has 1 saturated carbocycles. The van der Waals surface area contributed by atoms with Crippen LogP contribution in [0.4, 0.5) is 4.39 Å². The van der Waals surface area contributed by atoms with Gasteiger partial charge in [-0.15, -0.1) is 12.4 Å². The lowest BCUT2D eigenvalue weighted by molar-refractivity contribution is -0.128. The molecule has 1 aliphatic carbocycles. The highest BCUT2D eigenvalue weighted by atomic mass is 35.5. The topological polar surface area (TPSA) is 64.4 Å². The van der Waals surface area contributed by atoms with Gasteiger partial charge in [0, 0.05) is 5.54 Å². The van der Waals surface area contributed by atoms with Gasteiger partial charge in [-0.3, -0.25) is 4.79 Å². The molecule has 0 radical (unpaired) electrons. The second-order valence-corrected chi connectivity index (χ2v) is 5.87. The lowest BCUT2D eigenvalue weighted by atomic mass is 9.74. The Labute approximate surface area is 137 Å². The van der Waals surface area contributed by atoms with Crippen LogP contribution in [0.25, 0.3) is 0 Å². The molecule has 1 aromatic rings. The van der Waals surface area contributed by atoms with Crippen LogP contribution in [0.5, 0.6) is 5.75 Å². The van der Waals surface area contributed by atoms with E-state index in [-0.39, 0.29) is 36.6 Å². The summed E-state index contributed by atoms with van der Waals surface area (Å²) >= 11 is 0. The van der Waals surface area contributed by atoms with Gasteiger partial charge >= 0.3 is 0 Å². The molecule has 124 valence electrons. The maximum absolute atomic E-state index is 13.3. The van der Waals surface area contributed by atoms with Crippen LogP contribution in [0.2, 0.25) is 0 Å². The first-order valence-corrected chi connectivity index (χ1v) is 7.44. The molecule has 2 unspecified atom stereocenters. The van der Waals surface area contributed by atoms with E-state index in [2.05, 4.69) is 5.32 Å². The number of halogens is 2. The maximum Gasteiger partial charge on any atom is 0.225 e. The summed E-state index contributed by atoms with van der Waals surface area (Å²) in [6.45, 7) is 2.52. The summed E-state index contributed by atoms with van der Waals surface area (Å²) in [4.78, 5) is 12.2. The van der Waals surface area contributed by atoms with Crippen molar-refractivity contribution in [3.63, 3.8) is 0 Å². The number of carbonyl (C=O) groups is 1. The third kappa shape index (κ3) is 4.85. The zero-order valence-corrected chi connectivity index (χ0v) is 13.6. The van der Waals surface area contributed by atoms with E-state index in [0.29, 0.717) is 6.54 Å². The van der Waals surface area contributed by atoms with Crippen LogP contribution in [0.15, 0.2) is 24.3 Å². The third-order valence-electron chi connectivity index (χ3n) is 4.07. The minimum absolute atomic E-state index is 0. The van der Waals surface area contributed by atoms with E-state index in [1.54, 1.807) is 18.2 Å². The molecule has 6 heteroatoms. The second-order valence-electron chi connectivity index (χ2n) is 5.87. The second kappa shape index (κ2) is 8.34. The Morgan fingerprint density at radius 3 is 2.86 bits per heavy atom. The summed E-state index contributed by atoms with van der Waals surface area (Å²) in [6.07, 6.45) is 3.81. The summed E-state index contributed by atoms with van der Waals surface area (Å²) in [5.74, 6) is -0.379. The van der Waals surface area contributed by atoms with Crippen molar-refractivity contribution < 1.29 is 13.9 Å². The number of para-hydroxylation sites is 1. The van der Waals surface area contributed by atoms with Crippen molar-refractivity contribution in [1.29, 1.82) is 0 Å². The van der Waals surface area contributed by atoms with Crippen LogP contribution < -0.4 is 15.8 Å². The van der Waals surface area contributed by atoms with E-state index < -0.39 is 11.4 Å². The Bertz CT molecular complexity index is 497. The Morgan fingerprint density at radius 2 is 2.18 bits per heavy atom. The molecule has 1 fully saturated rings. The largest absolute Gasteiger partial charge is 0.489 e. The molecular formula is C16H24ClFN2O2. The third-order valence-corrected chi connectivity index (χ3v) is 4.07. The van der Waals surface area contributed by atoms with E-state index >= 15 is 0 Å². The Hall–Kier alpha value is -1.33. The van der Waals surface area contributed by atoms with E-state index in [4.69, 9.17) is 10.5 Å². The summed E-state index contributed by atoms with van der Waals surface area (Å²) in [5.41, 5.74) is 5.76. The summed E-state index contributed by atoms with van der Waals surface area (Å²) in [6, 6.07) is 6.22. The minimum atomic E-state index is -0.436. The molecule has 0 heterocycles. The number of benzene rings is 1. The molecule has 0 spiro atoms. The van der Waals surface area contributed by atoms with Crippen LogP contribution in [-0.4, -0.2) is 24.6 Å². The number of nitrogens with two attached hydrogens (primary N) is 1. The van der Waals surface area contributed by atoms with Crippen LogP contribution in [0.1, 0.15) is 32.6 Å². The molecule has 1 aromatic carbocycles. The summed E-state index contributed by atoms with van der Waals surface area (Å²) in [7, 11) is 0. The SMILES string of the molecule is CC1(N)CCCCC1C(=O)NCCOc1ccccc1F.Cl. The molecule has 0 aliphatic heterocycles. The lowest BCUT2D eigenvalue weighted by Gasteiger charge is -2.37. The van der Waals surface area contributed by atoms with Crippen LogP contribution in [0, 0.1) is 11.7 Å². The van der Waals surface area contributed by atoms with Gasteiger partial charge < -0.3 is 15.8 Å². The van der Waals surface area contributed by atoms with Crippen LogP contribution in [-0.2, 0) is 4.79 Å². The molecule has 4 nitrogen and oxygen atoms in total. The van der Waals surface area contributed by atoms with Gasteiger partial charge in [-0.25, -0.2) is 4.39 Å². The smallest absolute Gasteiger partial charge is 0.225 e. The van der Waals surface area contributed by atoms with E-state index in [0.717, 1.165) is 25.7 Å². The fraction of sp³-hybridized carbons (Fsp3) is 0.562. The number of amides is 1. The zero-order chi connectivity index (χ0) is 15.3. The molecule has 0 saturated heterocycles. The molecular weight excluding hydrogens is 307 g/mol. The maximum atomic E-state index is 13.3. The molecule has 1 amide bonds. The van der Waals surface area contributed by atoms with E-state index in [1.807, 2.05) is 6.92 Å². The Balaban J connectivity index is 0.00000242. The quantitative estimate of drug-likeness (QED) is 0.816. The van der Waals surface area contributed by atoms with Gasteiger partial charge in [-0.1, -0.05) is 25.0 Å². The van der Waals surface area contributed by atoms with Gasteiger partial charge in [0.15, 0.2) is 11.6 Å². The number of nitrogens with one attached hydrogen (secondary N) is 1. The number of ether oxygens (including phenoxy) is 1. The van der Waals surface area contributed by atoms with Crippen molar-refractivity contribution in [2.45, 2.75) is 38.1 Å². The van der Waals surface area contributed by atoms with E-state index in [1.165, 1.54) is 6.07 Å². The Kier molecular flexibility index (Phi) is 7.10. The van der Waals surface area contributed by atoms with Crippen LogP contribution in [0.3, 0.4) is 0 Å². The first kappa shape index (κ1) is 18.7. The van der Waals surface area contributed by atoms with Gasteiger partial charge in [0.2, 0.25) is 5.91 Å². The van der Waals surface area contributed by atoms with Crippen molar-refractivity contribution in [3.05, 3.63) is 30.1 Å². The number of carbonyl (C=O) groups excluding carboxylic acids is 1. The molecule has 0 aromatic heterocycles. The lowest BCUT2D eigenvalue weighted by Crippen LogP contribution is -2.53. The van der Waals surface area contributed by atoms with Gasteiger partial charge in [0.25, 0.3) is 0 Å². The van der Waals surface area contributed by atoms with Crippen molar-refractivity contribution in [3.8, 4) is 5.75 Å². The number of hydrogen-bond acceptors (Lipinski definition) is 3. The van der Waals surface area contributed by atoms with Crippen molar-refractivity contribution in [2.24, 2.45) is 11.7 Å². The van der Waals surface area contributed by atoms with Gasteiger partial charge in [-0.2, -0.15) is 0 Å². The van der Waals surface area contributed by atoms with Crippen molar-refractivity contribution >= 4 is 18.3 Å². The molecule has 2 atom stereocenters. The number of rotatable bonds is 5. The van der Waals surface area contributed by atoms with Crippen molar-refractivity contribution in [2.75, 3.05) is 13.2 Å². The fourth-order valence-electron chi connectivity index (χ4n) is 2.81. The highest BCUT2D eigenvalue weighted by Gasteiger charge is 2.37. The number of hydrogen-bond donors (Lipinski definition) is 2. The minimum Gasteiger partial charge on any atom is -0.489 e. The molecule has 2 rings (SSSR count). The average Bonchev–Trinajstić information content (AvgIpc) is 2.44. The summed E-state index contributed by atoms with van der Waals surface area (Å²) in [5, 5.41) is 2.83. The monoisotopic (exact) mass is 330 g/mol. The molecule has 3 N–H and O–H groups in total. The fourth-order valence-corrected chi connectivity index (χ4v) is 2.81. The highest BCUT2D eigenvalue weighted by Crippen LogP contribution is 2.31. The standard InChI is InChI=1S/C16H23FN2O2.ClH/c1-16(18)9-5-4-6-12(16)15(20)19-10-11-21-14-8-3-2-7-13(14)17;/h2-3,7-8,12H,4-6,9-11,18H2,1H3,(H,19,20);1H. The zero-order valence-electron chi connectivity index (χ0n) is 12.8. The van der Waals surface area contributed by atoms with Crippen molar-refractivity contribution in [1.82, 2.24) is 5.32 Å². The summed E-state index contributed by atoms with van der Waals surface area (Å²) < 4.78 is 18.6. The first-order chi connectivity index (χ1) is 10.0. The van der Waals surface area contributed by atoms with Crippen LogP contribution >= 0.6 is 12.4 Å². The Morgan fingerprint density at radius 1 is 1.45 bits per heavy atom. The van der Waals surface area contributed by atoms with E-state index in [9.17, 15) is 9.18 Å². The molecule has 0 bridgehead atoms.